The Labute approximate surface area is 142 Å². The largest absolute Gasteiger partial charge is 0.476 e. The van der Waals surface area contributed by atoms with Gasteiger partial charge in [-0.15, -0.1) is 5.10 Å². The highest BCUT2D eigenvalue weighted by atomic mass is 35.5. The van der Waals surface area contributed by atoms with Crippen LogP contribution >= 0.6 is 11.6 Å². The number of aromatic nitrogens is 3. The van der Waals surface area contributed by atoms with Gasteiger partial charge in [-0.3, -0.25) is 0 Å². The minimum atomic E-state index is -1.24. The summed E-state index contributed by atoms with van der Waals surface area (Å²) in [5.74, 6) is 5.03. The Bertz CT molecular complexity index is 942. The fourth-order valence-corrected chi connectivity index (χ4v) is 2.04. The number of benzene rings is 2. The minimum absolute atomic E-state index is 0.0632. The number of aromatic amines is 1. The zero-order chi connectivity index (χ0) is 16.9. The van der Waals surface area contributed by atoms with E-state index in [0.717, 1.165) is 5.56 Å². The SMILES string of the molecule is O=C(O)c1nn[nH]c1Oc1ccc(Cl)c(C#Cc2ccccc2)c1. The van der Waals surface area contributed by atoms with E-state index < -0.39 is 5.97 Å². The van der Waals surface area contributed by atoms with Gasteiger partial charge in [0.15, 0.2) is 0 Å². The van der Waals surface area contributed by atoms with Crippen molar-refractivity contribution in [3.63, 3.8) is 0 Å². The van der Waals surface area contributed by atoms with Gasteiger partial charge in [-0.05, 0) is 30.3 Å². The van der Waals surface area contributed by atoms with Crippen molar-refractivity contribution in [3.05, 3.63) is 70.4 Å². The van der Waals surface area contributed by atoms with Crippen molar-refractivity contribution in [1.82, 2.24) is 15.4 Å². The smallest absolute Gasteiger partial charge is 0.362 e. The second kappa shape index (κ2) is 6.86. The molecule has 6 nitrogen and oxygen atoms in total. The third-order valence-electron chi connectivity index (χ3n) is 2.99. The number of halogens is 1. The summed E-state index contributed by atoms with van der Waals surface area (Å²) in [7, 11) is 0. The van der Waals surface area contributed by atoms with Crippen molar-refractivity contribution in [2.75, 3.05) is 0 Å². The summed E-state index contributed by atoms with van der Waals surface area (Å²) < 4.78 is 5.47. The standard InChI is InChI=1S/C17H10ClN3O3/c18-14-9-8-13(24-16-15(17(22)23)19-21-20-16)10-12(14)7-6-11-4-2-1-3-5-11/h1-5,8-10H,(H,22,23)(H,19,20,21). The number of aromatic carboxylic acids is 1. The molecule has 0 saturated carbocycles. The fourth-order valence-electron chi connectivity index (χ4n) is 1.87. The quantitative estimate of drug-likeness (QED) is 0.714. The Morgan fingerprint density at radius 3 is 2.71 bits per heavy atom. The molecule has 0 aliphatic carbocycles. The van der Waals surface area contributed by atoms with Gasteiger partial charge < -0.3 is 9.84 Å². The maximum atomic E-state index is 11.0. The summed E-state index contributed by atoms with van der Waals surface area (Å²) in [6.07, 6.45) is 0. The van der Waals surface area contributed by atoms with Gasteiger partial charge >= 0.3 is 5.97 Å². The van der Waals surface area contributed by atoms with Crippen LogP contribution in [0.25, 0.3) is 0 Å². The van der Waals surface area contributed by atoms with Crippen molar-refractivity contribution >= 4 is 17.6 Å². The first-order valence-corrected chi connectivity index (χ1v) is 7.20. The maximum Gasteiger partial charge on any atom is 0.362 e. The molecule has 0 bridgehead atoms. The third-order valence-corrected chi connectivity index (χ3v) is 3.32. The lowest BCUT2D eigenvalue weighted by molar-refractivity contribution is 0.0687. The summed E-state index contributed by atoms with van der Waals surface area (Å²) in [5, 5.41) is 18.7. The zero-order valence-electron chi connectivity index (χ0n) is 12.2. The van der Waals surface area contributed by atoms with Crippen LogP contribution in [-0.2, 0) is 0 Å². The Kier molecular flexibility index (Phi) is 4.45. The highest BCUT2D eigenvalue weighted by molar-refractivity contribution is 6.31. The Morgan fingerprint density at radius 1 is 1.17 bits per heavy atom. The lowest BCUT2D eigenvalue weighted by Crippen LogP contribution is -1.99. The molecule has 0 unspecified atom stereocenters. The van der Waals surface area contributed by atoms with Crippen LogP contribution < -0.4 is 4.74 Å². The van der Waals surface area contributed by atoms with Gasteiger partial charge in [-0.2, -0.15) is 0 Å². The molecule has 7 heteroatoms. The van der Waals surface area contributed by atoms with E-state index in [1.807, 2.05) is 30.3 Å². The van der Waals surface area contributed by atoms with E-state index in [9.17, 15) is 4.79 Å². The maximum absolute atomic E-state index is 11.0. The Hall–Kier alpha value is -3.30. The number of carbonyl (C=O) groups is 1. The van der Waals surface area contributed by atoms with E-state index in [2.05, 4.69) is 27.3 Å². The van der Waals surface area contributed by atoms with E-state index in [4.69, 9.17) is 21.4 Å². The molecule has 1 aromatic heterocycles. The summed E-state index contributed by atoms with van der Waals surface area (Å²) in [4.78, 5) is 11.0. The van der Waals surface area contributed by atoms with Crippen molar-refractivity contribution in [2.24, 2.45) is 0 Å². The first kappa shape index (κ1) is 15.6. The van der Waals surface area contributed by atoms with Gasteiger partial charge in [-0.25, -0.2) is 9.89 Å². The summed E-state index contributed by atoms with van der Waals surface area (Å²) in [6, 6.07) is 14.3. The van der Waals surface area contributed by atoms with Crippen LogP contribution in [-0.4, -0.2) is 26.5 Å². The number of hydrogen-bond donors (Lipinski definition) is 2. The van der Waals surface area contributed by atoms with Gasteiger partial charge in [-0.1, -0.05) is 46.9 Å². The fraction of sp³-hybridized carbons (Fsp3) is 0. The molecule has 0 amide bonds. The number of nitrogens with one attached hydrogen (secondary N) is 1. The number of H-pyrrole nitrogens is 1. The van der Waals surface area contributed by atoms with Crippen molar-refractivity contribution < 1.29 is 14.6 Å². The molecule has 3 rings (SSSR count). The minimum Gasteiger partial charge on any atom is -0.476 e. The average Bonchev–Trinajstić information content (AvgIpc) is 3.05. The topological polar surface area (TPSA) is 88.1 Å². The molecule has 118 valence electrons. The number of ether oxygens (including phenoxy) is 1. The predicted octanol–water partition coefficient (Wildman–Crippen LogP) is 3.35. The van der Waals surface area contributed by atoms with Crippen LogP contribution in [0.15, 0.2) is 48.5 Å². The van der Waals surface area contributed by atoms with E-state index in [1.54, 1.807) is 18.2 Å². The van der Waals surface area contributed by atoms with Crippen LogP contribution in [0.2, 0.25) is 5.02 Å². The van der Waals surface area contributed by atoms with Crippen LogP contribution in [0, 0.1) is 11.8 Å². The molecule has 0 radical (unpaired) electrons. The molecular formula is C17H10ClN3O3. The highest BCUT2D eigenvalue weighted by Crippen LogP contribution is 2.26. The van der Waals surface area contributed by atoms with Crippen LogP contribution in [0.1, 0.15) is 21.6 Å². The summed E-state index contributed by atoms with van der Waals surface area (Å²) >= 11 is 6.14. The molecule has 0 atom stereocenters. The molecule has 1 heterocycles. The molecule has 0 aliphatic rings. The predicted molar refractivity (Wildman–Crippen MR) is 87.3 cm³/mol. The zero-order valence-corrected chi connectivity index (χ0v) is 12.9. The lowest BCUT2D eigenvalue weighted by atomic mass is 10.2. The number of nitrogens with zero attached hydrogens (tertiary/aromatic N) is 2. The first-order valence-electron chi connectivity index (χ1n) is 6.82. The van der Waals surface area contributed by atoms with Gasteiger partial charge in [0.25, 0.3) is 5.88 Å². The number of carboxylic acids is 1. The molecule has 0 spiro atoms. The van der Waals surface area contributed by atoms with Crippen molar-refractivity contribution in [1.29, 1.82) is 0 Å². The molecule has 0 fully saturated rings. The highest BCUT2D eigenvalue weighted by Gasteiger charge is 2.17. The average molecular weight is 340 g/mol. The van der Waals surface area contributed by atoms with E-state index in [1.165, 1.54) is 0 Å². The molecule has 2 N–H and O–H groups in total. The van der Waals surface area contributed by atoms with Crippen LogP contribution in [0.3, 0.4) is 0 Å². The summed E-state index contributed by atoms with van der Waals surface area (Å²) in [5.41, 5.74) is 1.11. The Morgan fingerprint density at radius 2 is 1.96 bits per heavy atom. The van der Waals surface area contributed by atoms with E-state index in [0.29, 0.717) is 16.3 Å². The summed E-state index contributed by atoms with van der Waals surface area (Å²) in [6.45, 7) is 0. The van der Waals surface area contributed by atoms with Crippen molar-refractivity contribution in [2.45, 2.75) is 0 Å². The third kappa shape index (κ3) is 3.54. The van der Waals surface area contributed by atoms with Gasteiger partial charge in [0.05, 0.1) is 5.02 Å². The molecule has 2 aromatic carbocycles. The molecule has 24 heavy (non-hydrogen) atoms. The first-order chi connectivity index (χ1) is 11.6. The second-order valence-electron chi connectivity index (χ2n) is 4.65. The second-order valence-corrected chi connectivity index (χ2v) is 5.06. The van der Waals surface area contributed by atoms with Crippen LogP contribution in [0.4, 0.5) is 0 Å². The molecule has 0 saturated heterocycles. The lowest BCUT2D eigenvalue weighted by Gasteiger charge is -2.04. The van der Waals surface area contributed by atoms with Crippen molar-refractivity contribution in [3.8, 4) is 23.5 Å². The molecule has 0 aliphatic heterocycles. The molecular weight excluding hydrogens is 330 g/mol. The van der Waals surface area contributed by atoms with E-state index in [-0.39, 0.29) is 11.6 Å². The number of carboxylic acid groups (broad SMARTS) is 1. The number of hydrogen-bond acceptors (Lipinski definition) is 4. The Balaban J connectivity index is 1.88. The van der Waals surface area contributed by atoms with Crippen LogP contribution in [0.5, 0.6) is 11.6 Å². The normalized spacial score (nSPS) is 9.88. The monoisotopic (exact) mass is 339 g/mol. The number of rotatable bonds is 3. The van der Waals surface area contributed by atoms with E-state index >= 15 is 0 Å². The van der Waals surface area contributed by atoms with Gasteiger partial charge in [0, 0.05) is 11.1 Å². The van der Waals surface area contributed by atoms with Gasteiger partial charge in [0.2, 0.25) is 5.69 Å². The molecule has 3 aromatic rings. The van der Waals surface area contributed by atoms with Gasteiger partial charge in [0.1, 0.15) is 5.75 Å².